The highest BCUT2D eigenvalue weighted by Crippen LogP contribution is 2.33. The molecular weight excluding hydrogens is 230 g/mol. The summed E-state index contributed by atoms with van der Waals surface area (Å²) in [6, 6.07) is 5.84. The number of ether oxygens (including phenoxy) is 1. The number of nitrogens with zero attached hydrogens (tertiary/aromatic N) is 3. The molecule has 0 fully saturated rings. The van der Waals surface area contributed by atoms with Crippen LogP contribution in [0.5, 0.6) is 5.75 Å². The van der Waals surface area contributed by atoms with Gasteiger partial charge in [0.05, 0.1) is 12.3 Å². The van der Waals surface area contributed by atoms with Crippen LogP contribution in [0.3, 0.4) is 0 Å². The summed E-state index contributed by atoms with van der Waals surface area (Å²) in [6.07, 6.45) is 3.24. The van der Waals surface area contributed by atoms with Crippen molar-refractivity contribution in [2.24, 2.45) is 7.05 Å². The van der Waals surface area contributed by atoms with E-state index in [1.807, 2.05) is 31.4 Å². The Balaban J connectivity index is 1.70. The van der Waals surface area contributed by atoms with E-state index in [1.54, 1.807) is 4.68 Å². The number of hydrogen-bond donors (Lipinski definition) is 1. The molecule has 1 aromatic carbocycles. The molecule has 0 aliphatic heterocycles. The number of aliphatic hydroxyl groups excluding tert-OH is 1. The van der Waals surface area contributed by atoms with E-state index in [0.29, 0.717) is 6.61 Å². The third-order valence-corrected chi connectivity index (χ3v) is 3.20. The first-order chi connectivity index (χ1) is 8.72. The Labute approximate surface area is 105 Å². The lowest BCUT2D eigenvalue weighted by Gasteiger charge is -2.07. The van der Waals surface area contributed by atoms with Gasteiger partial charge in [-0.2, -0.15) is 0 Å². The molecule has 1 atom stereocenters. The third-order valence-electron chi connectivity index (χ3n) is 3.20. The van der Waals surface area contributed by atoms with Crippen LogP contribution in [0.15, 0.2) is 24.4 Å². The van der Waals surface area contributed by atoms with E-state index in [2.05, 4.69) is 10.3 Å². The molecule has 0 amide bonds. The van der Waals surface area contributed by atoms with Gasteiger partial charge in [-0.3, -0.25) is 4.68 Å². The van der Waals surface area contributed by atoms with Gasteiger partial charge in [-0.15, -0.1) is 5.10 Å². The molecule has 1 aliphatic carbocycles. The molecule has 1 aliphatic rings. The first-order valence-corrected chi connectivity index (χ1v) is 6.01. The van der Waals surface area contributed by atoms with E-state index in [-0.39, 0.29) is 6.10 Å². The Morgan fingerprint density at radius 2 is 2.39 bits per heavy atom. The summed E-state index contributed by atoms with van der Waals surface area (Å²) in [5.41, 5.74) is 3.01. The van der Waals surface area contributed by atoms with Crippen molar-refractivity contribution in [3.63, 3.8) is 0 Å². The summed E-state index contributed by atoms with van der Waals surface area (Å²) < 4.78 is 7.32. The molecule has 94 valence electrons. The van der Waals surface area contributed by atoms with E-state index < -0.39 is 0 Å². The summed E-state index contributed by atoms with van der Waals surface area (Å²) in [7, 11) is 1.83. The summed E-state index contributed by atoms with van der Waals surface area (Å²) in [4.78, 5) is 0. The molecule has 18 heavy (non-hydrogen) atoms. The third kappa shape index (κ3) is 2.09. The van der Waals surface area contributed by atoms with Crippen LogP contribution >= 0.6 is 0 Å². The van der Waals surface area contributed by atoms with Crippen molar-refractivity contribution in [3.8, 4) is 5.75 Å². The van der Waals surface area contributed by atoms with Gasteiger partial charge in [0.15, 0.2) is 0 Å². The predicted molar refractivity (Wildman–Crippen MR) is 65.1 cm³/mol. The number of aliphatic hydroxyl groups is 1. The van der Waals surface area contributed by atoms with Gasteiger partial charge in [-0.05, 0) is 36.1 Å². The van der Waals surface area contributed by atoms with E-state index in [1.165, 1.54) is 5.56 Å². The molecule has 0 bridgehead atoms. The van der Waals surface area contributed by atoms with Crippen LogP contribution in [0.1, 0.15) is 29.3 Å². The van der Waals surface area contributed by atoms with Gasteiger partial charge < -0.3 is 9.84 Å². The predicted octanol–water partition coefficient (Wildman–Crippen LogP) is 1.37. The Morgan fingerprint density at radius 3 is 3.17 bits per heavy atom. The highest BCUT2D eigenvalue weighted by molar-refractivity contribution is 5.39. The quantitative estimate of drug-likeness (QED) is 0.887. The van der Waals surface area contributed by atoms with Gasteiger partial charge >= 0.3 is 0 Å². The highest BCUT2D eigenvalue weighted by Gasteiger charge is 2.20. The van der Waals surface area contributed by atoms with E-state index >= 15 is 0 Å². The molecule has 0 saturated heterocycles. The number of fused-ring (bicyclic) bond motifs is 1. The number of benzene rings is 1. The number of rotatable bonds is 3. The Bertz CT molecular complexity index is 565. The molecule has 5 nitrogen and oxygen atoms in total. The molecule has 3 rings (SSSR count). The molecule has 0 radical (unpaired) electrons. The molecule has 1 N–H and O–H groups in total. The summed E-state index contributed by atoms with van der Waals surface area (Å²) in [5, 5.41) is 17.5. The first kappa shape index (κ1) is 11.2. The summed E-state index contributed by atoms with van der Waals surface area (Å²) >= 11 is 0. The minimum absolute atomic E-state index is 0.311. The van der Waals surface area contributed by atoms with Crippen molar-refractivity contribution in [2.75, 3.05) is 0 Å². The van der Waals surface area contributed by atoms with E-state index in [9.17, 15) is 5.11 Å². The topological polar surface area (TPSA) is 60.2 Å². The van der Waals surface area contributed by atoms with Crippen LogP contribution in [0.25, 0.3) is 0 Å². The lowest BCUT2D eigenvalue weighted by atomic mass is 10.1. The van der Waals surface area contributed by atoms with Crippen LogP contribution in [-0.2, 0) is 20.1 Å². The SMILES string of the molecule is Cn1cc(COc2ccc3c(c2)CC[C@H]3O)nn1. The molecule has 1 aromatic heterocycles. The zero-order valence-electron chi connectivity index (χ0n) is 10.2. The van der Waals surface area contributed by atoms with Gasteiger partial charge in [0.25, 0.3) is 0 Å². The number of aryl methyl sites for hydroxylation is 2. The van der Waals surface area contributed by atoms with Gasteiger partial charge in [-0.25, -0.2) is 0 Å². The molecule has 0 unspecified atom stereocenters. The fraction of sp³-hybridized carbons (Fsp3) is 0.385. The Hall–Kier alpha value is -1.88. The maximum atomic E-state index is 9.72. The van der Waals surface area contributed by atoms with Crippen molar-refractivity contribution < 1.29 is 9.84 Å². The number of aromatic nitrogens is 3. The van der Waals surface area contributed by atoms with Gasteiger partial charge in [0, 0.05) is 7.05 Å². The van der Waals surface area contributed by atoms with Crippen molar-refractivity contribution in [2.45, 2.75) is 25.6 Å². The normalized spacial score (nSPS) is 17.8. The summed E-state index contributed by atoms with van der Waals surface area (Å²) in [6.45, 7) is 0.412. The minimum Gasteiger partial charge on any atom is -0.487 e. The van der Waals surface area contributed by atoms with Crippen molar-refractivity contribution in [1.82, 2.24) is 15.0 Å². The van der Waals surface area contributed by atoms with Crippen molar-refractivity contribution in [1.29, 1.82) is 0 Å². The number of hydrogen-bond acceptors (Lipinski definition) is 4. The second-order valence-corrected chi connectivity index (χ2v) is 4.59. The fourth-order valence-corrected chi connectivity index (χ4v) is 2.28. The van der Waals surface area contributed by atoms with E-state index in [4.69, 9.17) is 4.74 Å². The summed E-state index contributed by atoms with van der Waals surface area (Å²) in [5.74, 6) is 0.813. The average molecular weight is 245 g/mol. The standard InChI is InChI=1S/C13H15N3O2/c1-16-7-10(14-15-16)8-18-11-3-4-12-9(6-11)2-5-13(12)17/h3-4,6-7,13,17H,2,5,8H2,1H3/t13-/m1/s1. The van der Waals surface area contributed by atoms with E-state index in [0.717, 1.165) is 29.8 Å². The molecule has 1 heterocycles. The van der Waals surface area contributed by atoms with Crippen molar-refractivity contribution in [3.05, 3.63) is 41.2 Å². The van der Waals surface area contributed by atoms with Crippen LogP contribution in [0.2, 0.25) is 0 Å². The monoisotopic (exact) mass is 245 g/mol. The van der Waals surface area contributed by atoms with Crippen LogP contribution in [-0.4, -0.2) is 20.1 Å². The lowest BCUT2D eigenvalue weighted by molar-refractivity contribution is 0.180. The Morgan fingerprint density at radius 1 is 1.50 bits per heavy atom. The average Bonchev–Trinajstić information content (AvgIpc) is 2.94. The smallest absolute Gasteiger partial charge is 0.134 e. The first-order valence-electron chi connectivity index (χ1n) is 6.01. The zero-order valence-corrected chi connectivity index (χ0v) is 10.2. The molecule has 5 heteroatoms. The zero-order chi connectivity index (χ0) is 12.5. The maximum absolute atomic E-state index is 9.72. The highest BCUT2D eigenvalue weighted by atomic mass is 16.5. The Kier molecular flexibility index (Phi) is 2.76. The van der Waals surface area contributed by atoms with Crippen LogP contribution in [0.4, 0.5) is 0 Å². The van der Waals surface area contributed by atoms with Crippen LogP contribution < -0.4 is 4.74 Å². The second kappa shape index (κ2) is 4.42. The lowest BCUT2D eigenvalue weighted by Crippen LogP contribution is -1.97. The molecular formula is C13H15N3O2. The van der Waals surface area contributed by atoms with Crippen molar-refractivity contribution >= 4 is 0 Å². The van der Waals surface area contributed by atoms with Gasteiger partial charge in [0.1, 0.15) is 18.1 Å². The van der Waals surface area contributed by atoms with Gasteiger partial charge in [0.2, 0.25) is 0 Å². The molecule has 0 spiro atoms. The second-order valence-electron chi connectivity index (χ2n) is 4.59. The molecule has 0 saturated carbocycles. The van der Waals surface area contributed by atoms with Crippen LogP contribution in [0, 0.1) is 0 Å². The largest absolute Gasteiger partial charge is 0.487 e. The molecule has 2 aromatic rings. The minimum atomic E-state index is -0.311. The van der Waals surface area contributed by atoms with Gasteiger partial charge in [-0.1, -0.05) is 11.3 Å². The fourth-order valence-electron chi connectivity index (χ4n) is 2.28. The maximum Gasteiger partial charge on any atom is 0.134 e.